The van der Waals surface area contributed by atoms with Crippen molar-refractivity contribution in [2.75, 3.05) is 6.54 Å². The standard InChI is InChI=1S/C29H29N3O4/c1-2-32-16-23(15-31)25-11-22(20-8-5-6-19(10-20)14-30)12-26-24(18-36-29(25)26)17-35-27-9-4-3-7-21(27)13-28(33)34/h3-12,15-16,18H,2,13-14,17,30-31H2,1H3,(H,33,34)/b23-15+,32-16?. The Morgan fingerprint density at radius 3 is 2.67 bits per heavy atom. The predicted octanol–water partition coefficient (Wildman–Crippen LogP) is 5.15. The van der Waals surface area contributed by atoms with E-state index in [2.05, 4.69) is 17.1 Å². The summed E-state index contributed by atoms with van der Waals surface area (Å²) in [6, 6.07) is 19.3. The Bertz CT molecular complexity index is 1440. The lowest BCUT2D eigenvalue weighted by Crippen LogP contribution is -2.04. The first-order chi connectivity index (χ1) is 17.5. The molecule has 0 radical (unpaired) electrons. The molecule has 3 aromatic carbocycles. The molecule has 0 aliphatic heterocycles. The maximum atomic E-state index is 11.2. The molecule has 36 heavy (non-hydrogen) atoms. The average Bonchev–Trinajstić information content (AvgIpc) is 3.31. The number of allylic oxidation sites excluding steroid dienone is 1. The number of nitrogens with zero attached hydrogens (tertiary/aromatic N) is 1. The summed E-state index contributed by atoms with van der Waals surface area (Å²) in [7, 11) is 0. The van der Waals surface area contributed by atoms with E-state index in [0.717, 1.165) is 38.8 Å². The molecule has 7 nitrogen and oxygen atoms in total. The maximum absolute atomic E-state index is 11.2. The number of furan rings is 1. The van der Waals surface area contributed by atoms with E-state index in [1.807, 2.05) is 37.3 Å². The number of nitrogens with two attached hydrogens (primary N) is 2. The van der Waals surface area contributed by atoms with Crippen LogP contribution in [0, 0.1) is 0 Å². The number of carboxylic acid groups (broad SMARTS) is 1. The van der Waals surface area contributed by atoms with Crippen molar-refractivity contribution in [3.05, 3.63) is 95.4 Å². The van der Waals surface area contributed by atoms with Gasteiger partial charge in [0.25, 0.3) is 0 Å². The van der Waals surface area contributed by atoms with E-state index in [0.29, 0.717) is 30.0 Å². The second-order valence-corrected chi connectivity index (χ2v) is 8.28. The summed E-state index contributed by atoms with van der Waals surface area (Å²) in [5, 5.41) is 10.1. The Hall–Kier alpha value is -4.36. The smallest absolute Gasteiger partial charge is 0.307 e. The molecule has 0 saturated heterocycles. The van der Waals surface area contributed by atoms with Crippen molar-refractivity contribution < 1.29 is 19.1 Å². The van der Waals surface area contributed by atoms with Crippen molar-refractivity contribution >= 4 is 28.7 Å². The third kappa shape index (κ3) is 5.47. The van der Waals surface area contributed by atoms with Crippen molar-refractivity contribution in [2.24, 2.45) is 16.5 Å². The van der Waals surface area contributed by atoms with Gasteiger partial charge in [-0.25, -0.2) is 0 Å². The lowest BCUT2D eigenvalue weighted by molar-refractivity contribution is -0.136. The van der Waals surface area contributed by atoms with E-state index in [9.17, 15) is 9.90 Å². The number of aliphatic carboxylic acids is 1. The summed E-state index contributed by atoms with van der Waals surface area (Å²) in [6.07, 6.45) is 4.82. The first-order valence-corrected chi connectivity index (χ1v) is 11.7. The molecule has 0 spiro atoms. The van der Waals surface area contributed by atoms with Gasteiger partial charge in [-0.3, -0.25) is 9.79 Å². The number of fused-ring (bicyclic) bond motifs is 1. The lowest BCUT2D eigenvalue weighted by atomic mass is 9.95. The maximum Gasteiger partial charge on any atom is 0.307 e. The number of hydrogen-bond donors (Lipinski definition) is 3. The molecule has 0 fully saturated rings. The Morgan fingerprint density at radius 2 is 1.92 bits per heavy atom. The first kappa shape index (κ1) is 24.8. The number of carbonyl (C=O) groups is 1. The first-order valence-electron chi connectivity index (χ1n) is 11.7. The molecule has 0 aliphatic rings. The van der Waals surface area contributed by atoms with Gasteiger partial charge in [-0.15, -0.1) is 0 Å². The van der Waals surface area contributed by atoms with Crippen LogP contribution in [0.1, 0.15) is 29.2 Å². The SMILES string of the molecule is CCN=C/C(=C\N)c1cc(-c2cccc(CN)c2)cc2c(COc3ccccc3CC(=O)O)coc12. The Labute approximate surface area is 209 Å². The fourth-order valence-corrected chi connectivity index (χ4v) is 4.06. The number of para-hydroxylation sites is 1. The van der Waals surface area contributed by atoms with Crippen molar-refractivity contribution in [3.63, 3.8) is 0 Å². The summed E-state index contributed by atoms with van der Waals surface area (Å²) >= 11 is 0. The topological polar surface area (TPSA) is 124 Å². The highest BCUT2D eigenvalue weighted by atomic mass is 16.5. The summed E-state index contributed by atoms with van der Waals surface area (Å²) in [5.74, 6) is -0.387. The summed E-state index contributed by atoms with van der Waals surface area (Å²) in [4.78, 5) is 15.6. The summed E-state index contributed by atoms with van der Waals surface area (Å²) < 4.78 is 12.1. The van der Waals surface area contributed by atoms with Gasteiger partial charge in [-0.2, -0.15) is 0 Å². The van der Waals surface area contributed by atoms with Crippen LogP contribution < -0.4 is 16.2 Å². The van der Waals surface area contributed by atoms with Gasteiger partial charge in [-0.1, -0.05) is 36.4 Å². The minimum absolute atomic E-state index is 0.116. The zero-order valence-electron chi connectivity index (χ0n) is 20.1. The van der Waals surface area contributed by atoms with Crippen LogP contribution in [-0.4, -0.2) is 23.8 Å². The normalized spacial score (nSPS) is 11.9. The quantitative estimate of drug-likeness (QED) is 0.268. The van der Waals surface area contributed by atoms with Gasteiger partial charge in [0.05, 0.1) is 12.7 Å². The summed E-state index contributed by atoms with van der Waals surface area (Å²) in [6.45, 7) is 3.24. The van der Waals surface area contributed by atoms with E-state index >= 15 is 0 Å². The van der Waals surface area contributed by atoms with E-state index in [1.54, 1.807) is 30.7 Å². The molecular formula is C29H29N3O4. The summed E-state index contributed by atoms with van der Waals surface area (Å²) in [5.41, 5.74) is 18.6. The molecule has 0 atom stereocenters. The molecule has 0 amide bonds. The van der Waals surface area contributed by atoms with Crippen LogP contribution in [-0.2, 0) is 24.4 Å². The zero-order chi connectivity index (χ0) is 25.5. The van der Waals surface area contributed by atoms with Gasteiger partial charge in [0.1, 0.15) is 17.9 Å². The van der Waals surface area contributed by atoms with Crippen LogP contribution in [0.25, 0.3) is 27.7 Å². The number of ether oxygens (including phenoxy) is 1. The minimum Gasteiger partial charge on any atom is -0.488 e. The van der Waals surface area contributed by atoms with Gasteiger partial charge < -0.3 is 25.7 Å². The van der Waals surface area contributed by atoms with Crippen LogP contribution in [0.4, 0.5) is 0 Å². The van der Waals surface area contributed by atoms with Crippen LogP contribution >= 0.6 is 0 Å². The fourth-order valence-electron chi connectivity index (χ4n) is 4.06. The molecule has 1 heterocycles. The largest absolute Gasteiger partial charge is 0.488 e. The van der Waals surface area contributed by atoms with Crippen LogP contribution in [0.2, 0.25) is 0 Å². The molecule has 0 saturated carbocycles. The van der Waals surface area contributed by atoms with Crippen molar-refractivity contribution in [1.29, 1.82) is 0 Å². The number of hydrogen-bond acceptors (Lipinski definition) is 6. The number of rotatable bonds is 10. The second kappa shape index (κ2) is 11.4. The van der Waals surface area contributed by atoms with E-state index in [4.69, 9.17) is 20.6 Å². The third-order valence-electron chi connectivity index (χ3n) is 5.85. The van der Waals surface area contributed by atoms with Gasteiger partial charge in [-0.05, 0) is 47.9 Å². The Balaban J connectivity index is 1.79. The fraction of sp³-hybridized carbons (Fsp3) is 0.172. The van der Waals surface area contributed by atoms with Crippen LogP contribution in [0.15, 0.2) is 82.5 Å². The minimum atomic E-state index is -0.913. The number of aliphatic imine (C=N–C) groups is 1. The van der Waals surface area contributed by atoms with Gasteiger partial charge >= 0.3 is 5.97 Å². The second-order valence-electron chi connectivity index (χ2n) is 8.28. The molecule has 0 unspecified atom stereocenters. The Kier molecular flexibility index (Phi) is 7.82. The molecule has 0 aliphatic carbocycles. The molecule has 5 N–H and O–H groups in total. The number of benzene rings is 3. The molecular weight excluding hydrogens is 454 g/mol. The zero-order valence-corrected chi connectivity index (χ0v) is 20.1. The number of carboxylic acids is 1. The van der Waals surface area contributed by atoms with Crippen molar-refractivity contribution in [2.45, 2.75) is 26.5 Å². The van der Waals surface area contributed by atoms with Gasteiger partial charge in [0, 0.05) is 53.2 Å². The van der Waals surface area contributed by atoms with Crippen LogP contribution in [0.5, 0.6) is 5.75 Å². The molecule has 184 valence electrons. The lowest BCUT2D eigenvalue weighted by Gasteiger charge is -2.11. The highest BCUT2D eigenvalue weighted by Gasteiger charge is 2.17. The highest BCUT2D eigenvalue weighted by molar-refractivity contribution is 6.14. The third-order valence-corrected chi connectivity index (χ3v) is 5.85. The van der Waals surface area contributed by atoms with E-state index in [1.165, 1.54) is 6.20 Å². The van der Waals surface area contributed by atoms with Crippen LogP contribution in [0.3, 0.4) is 0 Å². The molecule has 4 aromatic rings. The predicted molar refractivity (Wildman–Crippen MR) is 143 cm³/mol. The van der Waals surface area contributed by atoms with Gasteiger partial charge in [0.15, 0.2) is 0 Å². The highest BCUT2D eigenvalue weighted by Crippen LogP contribution is 2.35. The molecule has 7 heteroatoms. The average molecular weight is 484 g/mol. The van der Waals surface area contributed by atoms with Crippen molar-refractivity contribution in [1.82, 2.24) is 0 Å². The van der Waals surface area contributed by atoms with Gasteiger partial charge in [0.2, 0.25) is 0 Å². The van der Waals surface area contributed by atoms with E-state index in [-0.39, 0.29) is 13.0 Å². The van der Waals surface area contributed by atoms with E-state index < -0.39 is 5.97 Å². The molecule has 4 rings (SSSR count). The Morgan fingerprint density at radius 1 is 1.08 bits per heavy atom. The molecule has 0 bridgehead atoms. The van der Waals surface area contributed by atoms with Crippen molar-refractivity contribution in [3.8, 4) is 16.9 Å². The molecule has 1 aromatic heterocycles. The monoisotopic (exact) mass is 483 g/mol.